The fourth-order valence-electron chi connectivity index (χ4n) is 1.73. The molecule has 0 saturated carbocycles. The van der Waals surface area contributed by atoms with Gasteiger partial charge in [0, 0.05) is 17.3 Å². The Morgan fingerprint density at radius 3 is 2.65 bits per heavy atom. The molecule has 0 fully saturated rings. The SMILES string of the molecule is CCC(C)(C)NC(=O)c1csc(Cc2ccccc2)n1. The van der Waals surface area contributed by atoms with Crippen LogP contribution in [-0.2, 0) is 6.42 Å². The van der Waals surface area contributed by atoms with Gasteiger partial charge in [-0.25, -0.2) is 4.98 Å². The van der Waals surface area contributed by atoms with Gasteiger partial charge in [0.05, 0.1) is 5.01 Å². The lowest BCUT2D eigenvalue weighted by Gasteiger charge is -2.23. The van der Waals surface area contributed by atoms with E-state index >= 15 is 0 Å². The van der Waals surface area contributed by atoms with E-state index in [2.05, 4.69) is 29.4 Å². The Morgan fingerprint density at radius 2 is 2.00 bits per heavy atom. The fraction of sp³-hybridized carbons (Fsp3) is 0.375. The van der Waals surface area contributed by atoms with Crippen molar-refractivity contribution in [3.8, 4) is 0 Å². The molecule has 1 aromatic heterocycles. The minimum Gasteiger partial charge on any atom is -0.346 e. The number of thiazole rings is 1. The number of amides is 1. The van der Waals surface area contributed by atoms with Gasteiger partial charge < -0.3 is 5.32 Å². The molecule has 0 unspecified atom stereocenters. The summed E-state index contributed by atoms with van der Waals surface area (Å²) in [6, 6.07) is 10.2. The van der Waals surface area contributed by atoms with Crippen LogP contribution in [-0.4, -0.2) is 16.4 Å². The highest BCUT2D eigenvalue weighted by molar-refractivity contribution is 7.09. The lowest BCUT2D eigenvalue weighted by molar-refractivity contribution is 0.0906. The minimum absolute atomic E-state index is 0.0904. The van der Waals surface area contributed by atoms with Gasteiger partial charge in [0.2, 0.25) is 0 Å². The van der Waals surface area contributed by atoms with E-state index < -0.39 is 0 Å². The van der Waals surface area contributed by atoms with Crippen molar-refractivity contribution < 1.29 is 4.79 Å². The first-order valence-corrected chi connectivity index (χ1v) is 7.69. The van der Waals surface area contributed by atoms with Gasteiger partial charge >= 0.3 is 0 Å². The summed E-state index contributed by atoms with van der Waals surface area (Å²) in [6.45, 7) is 6.09. The molecule has 3 nitrogen and oxygen atoms in total. The molecule has 0 bridgehead atoms. The second kappa shape index (κ2) is 6.18. The van der Waals surface area contributed by atoms with Crippen molar-refractivity contribution in [2.24, 2.45) is 0 Å². The van der Waals surface area contributed by atoms with E-state index in [9.17, 15) is 4.79 Å². The van der Waals surface area contributed by atoms with Crippen LogP contribution in [0.25, 0.3) is 0 Å². The van der Waals surface area contributed by atoms with E-state index in [0.29, 0.717) is 5.69 Å². The van der Waals surface area contributed by atoms with Crippen molar-refractivity contribution in [3.05, 3.63) is 52.0 Å². The Morgan fingerprint density at radius 1 is 1.30 bits per heavy atom. The fourth-order valence-corrected chi connectivity index (χ4v) is 2.54. The lowest BCUT2D eigenvalue weighted by atomic mass is 10.0. The van der Waals surface area contributed by atoms with E-state index in [1.165, 1.54) is 16.9 Å². The van der Waals surface area contributed by atoms with E-state index in [-0.39, 0.29) is 11.4 Å². The third-order valence-corrected chi connectivity index (χ3v) is 4.17. The molecule has 0 radical (unpaired) electrons. The maximum absolute atomic E-state index is 12.1. The molecular weight excluding hydrogens is 268 g/mol. The van der Waals surface area contributed by atoms with Crippen LogP contribution in [0.3, 0.4) is 0 Å². The van der Waals surface area contributed by atoms with E-state index in [4.69, 9.17) is 0 Å². The average molecular weight is 288 g/mol. The number of carbonyl (C=O) groups excluding carboxylic acids is 1. The summed E-state index contributed by atoms with van der Waals surface area (Å²) in [5, 5.41) is 5.81. The van der Waals surface area contributed by atoms with Crippen LogP contribution in [0, 0.1) is 0 Å². The molecule has 4 heteroatoms. The smallest absolute Gasteiger partial charge is 0.271 e. The monoisotopic (exact) mass is 288 g/mol. The number of rotatable bonds is 5. The van der Waals surface area contributed by atoms with Gasteiger partial charge in [-0.05, 0) is 25.8 Å². The molecule has 2 rings (SSSR count). The highest BCUT2D eigenvalue weighted by atomic mass is 32.1. The molecule has 0 spiro atoms. The van der Waals surface area contributed by atoms with Gasteiger partial charge in [0.15, 0.2) is 0 Å². The Kier molecular flexibility index (Phi) is 4.55. The molecule has 1 amide bonds. The molecule has 2 aromatic rings. The van der Waals surface area contributed by atoms with Crippen LogP contribution in [0.5, 0.6) is 0 Å². The Labute approximate surface area is 124 Å². The molecule has 106 valence electrons. The quantitative estimate of drug-likeness (QED) is 0.912. The highest BCUT2D eigenvalue weighted by Crippen LogP contribution is 2.16. The number of hydrogen-bond acceptors (Lipinski definition) is 3. The van der Waals surface area contributed by atoms with Crippen molar-refractivity contribution in [2.75, 3.05) is 0 Å². The first kappa shape index (κ1) is 14.7. The predicted molar refractivity (Wildman–Crippen MR) is 83.2 cm³/mol. The Bertz CT molecular complexity index is 575. The molecule has 1 heterocycles. The lowest BCUT2D eigenvalue weighted by Crippen LogP contribution is -2.42. The predicted octanol–water partition coefficient (Wildman–Crippen LogP) is 3.65. The second-order valence-electron chi connectivity index (χ2n) is 5.48. The molecule has 1 N–H and O–H groups in total. The van der Waals surface area contributed by atoms with Crippen LogP contribution in [0.15, 0.2) is 35.7 Å². The summed E-state index contributed by atoms with van der Waals surface area (Å²) in [4.78, 5) is 16.5. The zero-order chi connectivity index (χ0) is 14.6. The van der Waals surface area contributed by atoms with Gasteiger partial charge in [-0.1, -0.05) is 37.3 Å². The third-order valence-electron chi connectivity index (χ3n) is 3.32. The van der Waals surface area contributed by atoms with E-state index in [0.717, 1.165) is 17.8 Å². The van der Waals surface area contributed by atoms with Crippen LogP contribution in [0.1, 0.15) is 48.3 Å². The summed E-state index contributed by atoms with van der Waals surface area (Å²) < 4.78 is 0. The second-order valence-corrected chi connectivity index (χ2v) is 6.42. The molecular formula is C16H20N2OS. The van der Waals surface area contributed by atoms with Gasteiger partial charge in [0.25, 0.3) is 5.91 Å². The van der Waals surface area contributed by atoms with Gasteiger partial charge in [-0.3, -0.25) is 4.79 Å². The number of aromatic nitrogens is 1. The van der Waals surface area contributed by atoms with E-state index in [1.807, 2.05) is 37.4 Å². The first-order chi connectivity index (χ1) is 9.50. The number of nitrogens with one attached hydrogen (secondary N) is 1. The summed E-state index contributed by atoms with van der Waals surface area (Å²) in [5.74, 6) is -0.0904. The molecule has 1 aromatic carbocycles. The number of benzene rings is 1. The van der Waals surface area contributed by atoms with Crippen LogP contribution >= 0.6 is 11.3 Å². The van der Waals surface area contributed by atoms with Gasteiger partial charge in [-0.2, -0.15) is 0 Å². The Hall–Kier alpha value is -1.68. The van der Waals surface area contributed by atoms with Crippen LogP contribution in [0.4, 0.5) is 0 Å². The normalized spacial score (nSPS) is 11.3. The molecule has 0 aliphatic carbocycles. The highest BCUT2D eigenvalue weighted by Gasteiger charge is 2.20. The van der Waals surface area contributed by atoms with E-state index in [1.54, 1.807) is 0 Å². The van der Waals surface area contributed by atoms with Gasteiger partial charge in [-0.15, -0.1) is 11.3 Å². The summed E-state index contributed by atoms with van der Waals surface area (Å²) >= 11 is 1.53. The zero-order valence-electron chi connectivity index (χ0n) is 12.1. The van der Waals surface area contributed by atoms with Crippen LogP contribution < -0.4 is 5.32 Å². The maximum Gasteiger partial charge on any atom is 0.271 e. The van der Waals surface area contributed by atoms with Crippen molar-refractivity contribution in [1.82, 2.24) is 10.3 Å². The molecule has 0 aliphatic rings. The number of hydrogen-bond donors (Lipinski definition) is 1. The average Bonchev–Trinajstić information content (AvgIpc) is 2.88. The first-order valence-electron chi connectivity index (χ1n) is 6.81. The summed E-state index contributed by atoms with van der Waals surface area (Å²) in [5.41, 5.74) is 1.53. The summed E-state index contributed by atoms with van der Waals surface area (Å²) in [6.07, 6.45) is 1.66. The standard InChI is InChI=1S/C16H20N2OS/c1-4-16(2,3)18-15(19)13-11-20-14(17-13)10-12-8-6-5-7-9-12/h5-9,11H,4,10H2,1-3H3,(H,18,19). The number of carbonyl (C=O) groups is 1. The van der Waals surface area contributed by atoms with Crippen molar-refractivity contribution in [2.45, 2.75) is 39.2 Å². The largest absolute Gasteiger partial charge is 0.346 e. The van der Waals surface area contributed by atoms with Gasteiger partial charge in [0.1, 0.15) is 5.69 Å². The minimum atomic E-state index is -0.194. The van der Waals surface area contributed by atoms with Crippen molar-refractivity contribution >= 4 is 17.2 Å². The molecule has 0 aliphatic heterocycles. The molecule has 0 saturated heterocycles. The molecule has 0 atom stereocenters. The van der Waals surface area contributed by atoms with Crippen LogP contribution in [0.2, 0.25) is 0 Å². The topological polar surface area (TPSA) is 42.0 Å². The molecule has 20 heavy (non-hydrogen) atoms. The maximum atomic E-state index is 12.1. The zero-order valence-corrected chi connectivity index (χ0v) is 13.0. The summed E-state index contributed by atoms with van der Waals surface area (Å²) in [7, 11) is 0. The third kappa shape index (κ3) is 3.90. The Balaban J connectivity index is 2.04. The van der Waals surface area contributed by atoms with Crippen molar-refractivity contribution in [1.29, 1.82) is 0 Å². The number of nitrogens with zero attached hydrogens (tertiary/aromatic N) is 1. The van der Waals surface area contributed by atoms with Crippen molar-refractivity contribution in [3.63, 3.8) is 0 Å².